The van der Waals surface area contributed by atoms with Crippen molar-refractivity contribution in [1.29, 1.82) is 0 Å². The van der Waals surface area contributed by atoms with E-state index in [1.807, 2.05) is 12.1 Å². The standard InChI is InChI=1S/C22H20N4O6Se/c1-32-19-8-2-16(3-9-19)14-23-24-15-22(27)25-17-4-10-20(11-5-17)33(30,31)21-12-6-18(7-13-21)26(28)29/h2-14,24H,15H2,1H3,(H,25,27)/b23-14+. The van der Waals surface area contributed by atoms with E-state index >= 15 is 0 Å². The molecule has 3 aromatic rings. The molecule has 11 heteroatoms. The number of nitro benzene ring substituents is 1. The van der Waals surface area contributed by atoms with Crippen molar-refractivity contribution in [2.75, 3.05) is 19.0 Å². The zero-order chi connectivity index (χ0) is 23.8. The van der Waals surface area contributed by atoms with Crippen LogP contribution >= 0.6 is 0 Å². The average Bonchev–Trinajstić information content (AvgIpc) is 2.82. The molecule has 0 radical (unpaired) electrons. The van der Waals surface area contributed by atoms with E-state index in [9.17, 15) is 22.6 Å². The molecule has 0 saturated heterocycles. The van der Waals surface area contributed by atoms with Gasteiger partial charge in [-0.2, -0.15) is 0 Å². The monoisotopic (exact) mass is 516 g/mol. The molecule has 0 aliphatic rings. The molecule has 3 aromatic carbocycles. The van der Waals surface area contributed by atoms with E-state index < -0.39 is 17.6 Å². The summed E-state index contributed by atoms with van der Waals surface area (Å²) < 4.78 is 30.7. The number of carbonyl (C=O) groups is 1. The molecule has 0 atom stereocenters. The second-order valence-corrected chi connectivity index (χ2v) is 10.8. The molecule has 1 amide bonds. The van der Waals surface area contributed by atoms with Crippen molar-refractivity contribution in [1.82, 2.24) is 5.43 Å². The van der Waals surface area contributed by atoms with E-state index in [1.165, 1.54) is 36.4 Å². The summed E-state index contributed by atoms with van der Waals surface area (Å²) >= 11 is -4.72. The molecule has 0 unspecified atom stereocenters. The van der Waals surface area contributed by atoms with Gasteiger partial charge in [0, 0.05) is 0 Å². The fourth-order valence-electron chi connectivity index (χ4n) is 2.73. The van der Waals surface area contributed by atoms with Crippen molar-refractivity contribution in [2.24, 2.45) is 5.10 Å². The van der Waals surface area contributed by atoms with Crippen LogP contribution in [-0.2, 0) is 12.5 Å². The number of hydrogen-bond donors (Lipinski definition) is 2. The summed E-state index contributed by atoms with van der Waals surface area (Å²) in [6, 6.07) is 17.7. The zero-order valence-electron chi connectivity index (χ0n) is 17.5. The van der Waals surface area contributed by atoms with E-state index in [4.69, 9.17) is 4.74 Å². The Labute approximate surface area is 191 Å². The second kappa shape index (κ2) is 10.5. The van der Waals surface area contributed by atoms with Gasteiger partial charge < -0.3 is 4.74 Å². The van der Waals surface area contributed by atoms with Crippen molar-refractivity contribution in [3.05, 3.63) is 88.5 Å². The first kappa shape index (κ1) is 23.6. The molecule has 0 aromatic heterocycles. The molecular formula is C22H20N4O6Se. The third kappa shape index (κ3) is 6.22. The first-order valence-corrected chi connectivity index (χ1v) is 12.7. The van der Waals surface area contributed by atoms with Gasteiger partial charge in [-0.3, -0.25) is 0 Å². The van der Waals surface area contributed by atoms with E-state index in [0.29, 0.717) is 5.69 Å². The summed E-state index contributed by atoms with van der Waals surface area (Å²) in [6.07, 6.45) is 1.56. The molecule has 10 nitrogen and oxygen atoms in total. The van der Waals surface area contributed by atoms with Crippen molar-refractivity contribution in [3.8, 4) is 5.75 Å². The van der Waals surface area contributed by atoms with Gasteiger partial charge in [-0.1, -0.05) is 0 Å². The van der Waals surface area contributed by atoms with Crippen LogP contribution in [0.2, 0.25) is 0 Å². The molecule has 0 aliphatic heterocycles. The van der Waals surface area contributed by atoms with Gasteiger partial charge in [-0.15, -0.1) is 0 Å². The number of rotatable bonds is 9. The Balaban J connectivity index is 1.55. The van der Waals surface area contributed by atoms with Crippen molar-refractivity contribution < 1.29 is 22.1 Å². The summed E-state index contributed by atoms with van der Waals surface area (Å²) in [6.45, 7) is -0.0832. The fraction of sp³-hybridized carbons (Fsp3) is 0.0909. The van der Waals surface area contributed by atoms with Crippen molar-refractivity contribution >= 4 is 45.1 Å². The molecule has 0 aliphatic carbocycles. The third-order valence-corrected chi connectivity index (χ3v) is 8.21. The minimum absolute atomic E-state index is 0.00700. The van der Waals surface area contributed by atoms with Gasteiger partial charge in [-0.05, 0) is 12.1 Å². The summed E-state index contributed by atoms with van der Waals surface area (Å²) in [5.41, 5.74) is 3.70. The van der Waals surface area contributed by atoms with Crippen LogP contribution < -0.4 is 24.4 Å². The van der Waals surface area contributed by atoms with Gasteiger partial charge in [0.2, 0.25) is 0 Å². The minimum Gasteiger partial charge on any atom is -0.0193 e. The van der Waals surface area contributed by atoms with Crippen LogP contribution in [0, 0.1) is 10.1 Å². The number of nitro groups is 1. The first-order valence-electron chi connectivity index (χ1n) is 9.59. The predicted molar refractivity (Wildman–Crippen MR) is 123 cm³/mol. The molecular weight excluding hydrogens is 495 g/mol. The Morgan fingerprint density at radius 1 is 1.00 bits per heavy atom. The Bertz CT molecular complexity index is 1260. The smallest absolute Gasteiger partial charge is 0.0193 e. The van der Waals surface area contributed by atoms with Gasteiger partial charge in [0.1, 0.15) is 5.75 Å². The number of nitrogens with one attached hydrogen (secondary N) is 2. The van der Waals surface area contributed by atoms with Crippen LogP contribution in [0.5, 0.6) is 5.75 Å². The average molecular weight is 515 g/mol. The number of carbonyl (C=O) groups excluding carboxylic acids is 1. The maximum atomic E-state index is 12.8. The normalized spacial score (nSPS) is 11.2. The molecule has 2 N–H and O–H groups in total. The molecule has 0 fully saturated rings. The Morgan fingerprint density at radius 3 is 2.12 bits per heavy atom. The van der Waals surface area contributed by atoms with E-state index in [2.05, 4.69) is 15.8 Å². The molecule has 0 saturated carbocycles. The summed E-state index contributed by atoms with van der Waals surface area (Å²) in [4.78, 5) is 22.2. The number of benzene rings is 3. The molecule has 170 valence electrons. The SMILES string of the molecule is COc1ccc(/C=N/NCC(=O)Nc2ccc([Se](=O)(=O)c3ccc([N+](=O)[O-])cc3)cc2)cc1. The van der Waals surface area contributed by atoms with Crippen LogP contribution in [0.15, 0.2) is 77.9 Å². The van der Waals surface area contributed by atoms with Crippen molar-refractivity contribution in [3.63, 3.8) is 0 Å². The number of nitrogens with zero attached hydrogens (tertiary/aromatic N) is 2. The van der Waals surface area contributed by atoms with Gasteiger partial charge >= 0.3 is 161 Å². The van der Waals surface area contributed by atoms with Crippen LogP contribution in [0.4, 0.5) is 11.4 Å². The first-order chi connectivity index (χ1) is 15.8. The molecule has 3 rings (SSSR count). The van der Waals surface area contributed by atoms with E-state index in [1.54, 1.807) is 25.5 Å². The number of ether oxygens (including phenoxy) is 1. The van der Waals surface area contributed by atoms with Gasteiger partial charge in [-0.25, -0.2) is 0 Å². The van der Waals surface area contributed by atoms with Gasteiger partial charge in [0.05, 0.1) is 7.11 Å². The Kier molecular flexibility index (Phi) is 7.49. The molecule has 0 bridgehead atoms. The van der Waals surface area contributed by atoms with Crippen LogP contribution in [-0.4, -0.2) is 43.4 Å². The number of hydrazone groups is 1. The zero-order valence-corrected chi connectivity index (χ0v) is 19.2. The van der Waals surface area contributed by atoms with E-state index in [-0.39, 0.29) is 27.1 Å². The molecule has 0 heterocycles. The van der Waals surface area contributed by atoms with Crippen LogP contribution in [0.3, 0.4) is 0 Å². The summed E-state index contributed by atoms with van der Waals surface area (Å²) in [5, 5.41) is 17.4. The summed E-state index contributed by atoms with van der Waals surface area (Å²) in [7, 11) is 1.58. The second-order valence-electron chi connectivity index (χ2n) is 6.69. The minimum atomic E-state index is -4.72. The number of anilines is 1. The quantitative estimate of drug-likeness (QED) is 0.191. The Morgan fingerprint density at radius 2 is 1.58 bits per heavy atom. The number of methoxy groups -OCH3 is 1. The van der Waals surface area contributed by atoms with Gasteiger partial charge in [0.15, 0.2) is 0 Å². The maximum absolute atomic E-state index is 12.8. The number of non-ortho nitro benzene ring substituents is 1. The molecule has 33 heavy (non-hydrogen) atoms. The van der Waals surface area contributed by atoms with Crippen LogP contribution in [0.25, 0.3) is 0 Å². The van der Waals surface area contributed by atoms with E-state index in [0.717, 1.165) is 23.4 Å². The van der Waals surface area contributed by atoms with Crippen LogP contribution in [0.1, 0.15) is 5.56 Å². The summed E-state index contributed by atoms with van der Waals surface area (Å²) in [5.74, 6) is 0.367. The van der Waals surface area contributed by atoms with Gasteiger partial charge in [0.25, 0.3) is 0 Å². The predicted octanol–water partition coefficient (Wildman–Crippen LogP) is 1.58. The number of amides is 1. The topological polar surface area (TPSA) is 140 Å². The molecule has 0 spiro atoms. The third-order valence-electron chi connectivity index (χ3n) is 4.47. The number of hydrogen-bond acceptors (Lipinski definition) is 8. The fourth-order valence-corrected chi connectivity index (χ4v) is 5.38. The Hall–Kier alpha value is -4.08. The van der Waals surface area contributed by atoms with Crippen molar-refractivity contribution in [2.45, 2.75) is 0 Å².